The molecular weight excluding hydrogens is 324 g/mol. The standard InChI is InChI=1S/C21H34N4O/c22-11-4-2-1-3-8-21(26)23-19-6-5-7-20(16-19)25-14-12-24(13-15-25)17-18-9-10-18/h5-7,16,18H,1-4,8-15,17,22H2,(H,23,26). The smallest absolute Gasteiger partial charge is 0.224 e. The quantitative estimate of drug-likeness (QED) is 0.631. The van der Waals surface area contributed by atoms with Crippen LogP contribution in [-0.2, 0) is 4.79 Å². The van der Waals surface area contributed by atoms with Crippen LogP contribution >= 0.6 is 0 Å². The van der Waals surface area contributed by atoms with Gasteiger partial charge in [0, 0.05) is 50.5 Å². The molecule has 1 heterocycles. The number of unbranched alkanes of at least 4 members (excludes halogenated alkanes) is 3. The molecule has 5 nitrogen and oxygen atoms in total. The normalized spacial score (nSPS) is 18.1. The van der Waals surface area contributed by atoms with E-state index < -0.39 is 0 Å². The van der Waals surface area contributed by atoms with E-state index in [2.05, 4.69) is 27.2 Å². The first-order chi connectivity index (χ1) is 12.7. The van der Waals surface area contributed by atoms with E-state index in [1.165, 1.54) is 25.1 Å². The van der Waals surface area contributed by atoms with Gasteiger partial charge in [-0.1, -0.05) is 18.9 Å². The second-order valence-electron chi connectivity index (χ2n) is 7.78. The lowest BCUT2D eigenvalue weighted by Crippen LogP contribution is -2.47. The molecule has 0 aromatic heterocycles. The Bertz CT molecular complexity index is 565. The van der Waals surface area contributed by atoms with Crippen LogP contribution in [0.1, 0.15) is 44.9 Å². The van der Waals surface area contributed by atoms with Crippen LogP contribution in [0.5, 0.6) is 0 Å². The van der Waals surface area contributed by atoms with Crippen molar-refractivity contribution in [2.75, 3.05) is 49.5 Å². The third-order valence-electron chi connectivity index (χ3n) is 5.44. The Balaban J connectivity index is 1.42. The van der Waals surface area contributed by atoms with Crippen molar-refractivity contribution < 1.29 is 4.79 Å². The predicted octanol–water partition coefficient (Wildman–Crippen LogP) is 3.07. The van der Waals surface area contributed by atoms with Crippen LogP contribution in [0.3, 0.4) is 0 Å². The number of amides is 1. The first-order valence-electron chi connectivity index (χ1n) is 10.3. The number of carbonyl (C=O) groups is 1. The molecular formula is C21H34N4O. The van der Waals surface area contributed by atoms with Crippen LogP contribution in [0.2, 0.25) is 0 Å². The van der Waals surface area contributed by atoms with Gasteiger partial charge in [0.2, 0.25) is 5.91 Å². The Kier molecular flexibility index (Phi) is 7.32. The first kappa shape index (κ1) is 19.2. The molecule has 0 radical (unpaired) electrons. The number of piperazine rings is 1. The summed E-state index contributed by atoms with van der Waals surface area (Å²) in [5.74, 6) is 1.08. The van der Waals surface area contributed by atoms with Gasteiger partial charge in [0.05, 0.1) is 0 Å². The van der Waals surface area contributed by atoms with E-state index in [1.54, 1.807) is 0 Å². The summed E-state index contributed by atoms with van der Waals surface area (Å²) in [5.41, 5.74) is 7.63. The molecule has 0 unspecified atom stereocenters. The van der Waals surface area contributed by atoms with Crippen molar-refractivity contribution in [2.24, 2.45) is 11.7 Å². The Morgan fingerprint density at radius 3 is 2.58 bits per heavy atom. The molecule has 1 aliphatic heterocycles. The molecule has 0 bridgehead atoms. The fourth-order valence-corrected chi connectivity index (χ4v) is 3.64. The minimum atomic E-state index is 0.115. The lowest BCUT2D eigenvalue weighted by Gasteiger charge is -2.36. The van der Waals surface area contributed by atoms with Crippen LogP contribution in [0, 0.1) is 5.92 Å². The van der Waals surface area contributed by atoms with Gasteiger partial charge in [-0.2, -0.15) is 0 Å². The Labute approximate surface area is 157 Å². The highest BCUT2D eigenvalue weighted by atomic mass is 16.1. The first-order valence-corrected chi connectivity index (χ1v) is 10.3. The zero-order valence-corrected chi connectivity index (χ0v) is 16.0. The van der Waals surface area contributed by atoms with E-state index in [4.69, 9.17) is 5.73 Å². The second-order valence-corrected chi connectivity index (χ2v) is 7.78. The second kappa shape index (κ2) is 9.93. The highest BCUT2D eigenvalue weighted by Crippen LogP contribution is 2.30. The van der Waals surface area contributed by atoms with Crippen molar-refractivity contribution in [1.29, 1.82) is 0 Å². The van der Waals surface area contributed by atoms with Crippen molar-refractivity contribution in [2.45, 2.75) is 44.9 Å². The topological polar surface area (TPSA) is 61.6 Å². The maximum atomic E-state index is 12.1. The average molecular weight is 359 g/mol. The van der Waals surface area contributed by atoms with Gasteiger partial charge in [-0.3, -0.25) is 9.69 Å². The van der Waals surface area contributed by atoms with Crippen LogP contribution in [0.15, 0.2) is 24.3 Å². The summed E-state index contributed by atoms with van der Waals surface area (Å²) >= 11 is 0. The number of hydrogen-bond donors (Lipinski definition) is 2. The monoisotopic (exact) mass is 358 g/mol. The zero-order valence-electron chi connectivity index (χ0n) is 16.0. The molecule has 3 N–H and O–H groups in total. The SMILES string of the molecule is NCCCCCCC(=O)Nc1cccc(N2CCN(CC3CC3)CC2)c1. The molecule has 2 fully saturated rings. The van der Waals surface area contributed by atoms with Crippen LogP contribution in [-0.4, -0.2) is 50.1 Å². The number of hydrogen-bond acceptors (Lipinski definition) is 4. The van der Waals surface area contributed by atoms with Crippen LogP contribution in [0.25, 0.3) is 0 Å². The number of nitrogens with zero attached hydrogens (tertiary/aromatic N) is 2. The molecule has 1 aromatic rings. The van der Waals surface area contributed by atoms with Crippen molar-refractivity contribution in [3.8, 4) is 0 Å². The maximum absolute atomic E-state index is 12.1. The number of nitrogens with two attached hydrogens (primary N) is 1. The average Bonchev–Trinajstić information content (AvgIpc) is 3.46. The van der Waals surface area contributed by atoms with Gasteiger partial charge in [-0.15, -0.1) is 0 Å². The molecule has 2 aliphatic rings. The van der Waals surface area contributed by atoms with Gasteiger partial charge in [0.15, 0.2) is 0 Å². The van der Waals surface area contributed by atoms with Gasteiger partial charge < -0.3 is 16.0 Å². The lowest BCUT2D eigenvalue weighted by molar-refractivity contribution is -0.116. The van der Waals surface area contributed by atoms with E-state index in [9.17, 15) is 4.79 Å². The van der Waals surface area contributed by atoms with Crippen molar-refractivity contribution >= 4 is 17.3 Å². The summed E-state index contributed by atoms with van der Waals surface area (Å²) in [6.07, 6.45) is 7.63. The molecule has 3 rings (SSSR count). The van der Waals surface area contributed by atoms with Crippen molar-refractivity contribution in [1.82, 2.24) is 4.90 Å². The fraction of sp³-hybridized carbons (Fsp3) is 0.667. The number of rotatable bonds is 10. The van der Waals surface area contributed by atoms with Gasteiger partial charge in [0.1, 0.15) is 0 Å². The van der Waals surface area contributed by atoms with Gasteiger partial charge in [-0.25, -0.2) is 0 Å². The molecule has 0 atom stereocenters. The third-order valence-corrected chi connectivity index (χ3v) is 5.44. The van der Waals surface area contributed by atoms with E-state index in [1.807, 2.05) is 12.1 Å². The Morgan fingerprint density at radius 1 is 1.08 bits per heavy atom. The molecule has 1 saturated heterocycles. The van der Waals surface area contributed by atoms with E-state index >= 15 is 0 Å². The third kappa shape index (κ3) is 6.29. The molecule has 1 amide bonds. The summed E-state index contributed by atoms with van der Waals surface area (Å²) < 4.78 is 0. The minimum Gasteiger partial charge on any atom is -0.369 e. The van der Waals surface area contributed by atoms with Gasteiger partial charge in [-0.05, 0) is 56.3 Å². The lowest BCUT2D eigenvalue weighted by atomic mass is 10.1. The highest BCUT2D eigenvalue weighted by molar-refractivity contribution is 5.91. The molecule has 1 aliphatic carbocycles. The van der Waals surface area contributed by atoms with Crippen LogP contribution < -0.4 is 16.0 Å². The van der Waals surface area contributed by atoms with E-state index in [0.717, 1.165) is 70.0 Å². The van der Waals surface area contributed by atoms with Crippen LogP contribution in [0.4, 0.5) is 11.4 Å². The molecule has 5 heteroatoms. The summed E-state index contributed by atoms with van der Waals surface area (Å²) in [4.78, 5) is 17.2. The Morgan fingerprint density at radius 2 is 1.85 bits per heavy atom. The Hall–Kier alpha value is -1.59. The minimum absolute atomic E-state index is 0.115. The summed E-state index contributed by atoms with van der Waals surface area (Å²) in [6.45, 7) is 6.48. The van der Waals surface area contributed by atoms with Crippen molar-refractivity contribution in [3.63, 3.8) is 0 Å². The highest BCUT2D eigenvalue weighted by Gasteiger charge is 2.26. The number of benzene rings is 1. The molecule has 26 heavy (non-hydrogen) atoms. The summed E-state index contributed by atoms with van der Waals surface area (Å²) in [5, 5.41) is 3.05. The largest absolute Gasteiger partial charge is 0.369 e. The van der Waals surface area contributed by atoms with Crippen molar-refractivity contribution in [3.05, 3.63) is 24.3 Å². The number of anilines is 2. The number of nitrogens with one attached hydrogen (secondary N) is 1. The van der Waals surface area contributed by atoms with Gasteiger partial charge in [0.25, 0.3) is 0 Å². The molecule has 144 valence electrons. The van der Waals surface area contributed by atoms with E-state index in [-0.39, 0.29) is 5.91 Å². The summed E-state index contributed by atoms with van der Waals surface area (Å²) in [7, 11) is 0. The number of carbonyl (C=O) groups excluding carboxylic acids is 1. The fourth-order valence-electron chi connectivity index (χ4n) is 3.64. The molecule has 1 aromatic carbocycles. The van der Waals surface area contributed by atoms with E-state index in [0.29, 0.717) is 6.42 Å². The molecule has 0 spiro atoms. The zero-order chi connectivity index (χ0) is 18.2. The van der Waals surface area contributed by atoms with Gasteiger partial charge >= 0.3 is 0 Å². The molecule has 1 saturated carbocycles. The maximum Gasteiger partial charge on any atom is 0.224 e. The summed E-state index contributed by atoms with van der Waals surface area (Å²) in [6, 6.07) is 8.30. The predicted molar refractivity (Wildman–Crippen MR) is 109 cm³/mol.